The first kappa shape index (κ1) is 20.5. The monoisotopic (exact) mass is 410 g/mol. The Morgan fingerprint density at radius 2 is 1.86 bits per heavy atom. The minimum atomic E-state index is 0. The number of rotatable bonds is 8. The molecule has 6 heteroatoms. The highest BCUT2D eigenvalue weighted by molar-refractivity contribution is 14.0. The molecule has 0 aromatic rings. The van der Waals surface area contributed by atoms with Crippen molar-refractivity contribution in [2.45, 2.75) is 40.0 Å². The van der Waals surface area contributed by atoms with E-state index in [1.165, 1.54) is 19.3 Å². The number of hydrogen-bond acceptors (Lipinski definition) is 2. The third-order valence-corrected chi connectivity index (χ3v) is 3.68. The smallest absolute Gasteiger partial charge is 0.242 e. The molecule has 0 bridgehead atoms. The zero-order chi connectivity index (χ0) is 15.0. The Bertz CT molecular complexity index is 328. The Kier molecular flexibility index (Phi) is 10.8. The average molecular weight is 410 g/mol. The lowest BCUT2D eigenvalue weighted by molar-refractivity contribution is -0.131. The van der Waals surface area contributed by atoms with Crippen molar-refractivity contribution in [3.05, 3.63) is 0 Å². The zero-order valence-electron chi connectivity index (χ0n) is 13.9. The number of carbonyl (C=O) groups is 1. The molecule has 0 heterocycles. The fourth-order valence-corrected chi connectivity index (χ4v) is 2.18. The molecule has 1 saturated carbocycles. The van der Waals surface area contributed by atoms with Gasteiger partial charge in [-0.05, 0) is 33.1 Å². The van der Waals surface area contributed by atoms with E-state index in [4.69, 9.17) is 0 Å². The van der Waals surface area contributed by atoms with Crippen LogP contribution in [0.15, 0.2) is 4.99 Å². The molecule has 0 unspecified atom stereocenters. The van der Waals surface area contributed by atoms with Crippen LogP contribution in [0.2, 0.25) is 0 Å². The lowest BCUT2D eigenvalue weighted by Crippen LogP contribution is -2.45. The summed E-state index contributed by atoms with van der Waals surface area (Å²) in [5, 5.41) is 3.26. The van der Waals surface area contributed by atoms with Crippen LogP contribution in [0.3, 0.4) is 0 Å². The third kappa shape index (κ3) is 7.87. The SMILES string of the molecule is CCNC(=NCCC1CC1)N(C)CC(=O)N(CC)CC.I. The van der Waals surface area contributed by atoms with Gasteiger partial charge in [-0.2, -0.15) is 0 Å². The van der Waals surface area contributed by atoms with Crippen molar-refractivity contribution in [2.24, 2.45) is 10.9 Å². The molecule has 1 aliphatic carbocycles. The van der Waals surface area contributed by atoms with Gasteiger partial charge in [-0.25, -0.2) is 0 Å². The second kappa shape index (κ2) is 11.1. The van der Waals surface area contributed by atoms with Gasteiger partial charge in [-0.15, -0.1) is 24.0 Å². The fraction of sp³-hybridized carbons (Fsp3) is 0.867. The minimum Gasteiger partial charge on any atom is -0.357 e. The number of likely N-dealkylation sites (N-methyl/N-ethyl adjacent to an activating group) is 2. The normalized spacial score (nSPS) is 14.4. The van der Waals surface area contributed by atoms with Gasteiger partial charge >= 0.3 is 0 Å². The molecule has 21 heavy (non-hydrogen) atoms. The van der Waals surface area contributed by atoms with E-state index in [0.717, 1.165) is 38.1 Å². The van der Waals surface area contributed by atoms with Crippen LogP contribution in [0, 0.1) is 5.92 Å². The molecule has 1 rings (SSSR count). The van der Waals surface area contributed by atoms with Gasteiger partial charge in [-0.3, -0.25) is 9.79 Å². The summed E-state index contributed by atoms with van der Waals surface area (Å²) in [7, 11) is 1.93. The van der Waals surface area contributed by atoms with Crippen molar-refractivity contribution >= 4 is 35.8 Å². The maximum Gasteiger partial charge on any atom is 0.242 e. The van der Waals surface area contributed by atoms with Gasteiger partial charge in [0, 0.05) is 33.2 Å². The molecule has 0 aliphatic heterocycles. The van der Waals surface area contributed by atoms with Gasteiger partial charge < -0.3 is 15.1 Å². The number of amides is 1. The average Bonchev–Trinajstić information content (AvgIpc) is 3.23. The lowest BCUT2D eigenvalue weighted by Gasteiger charge is -2.25. The van der Waals surface area contributed by atoms with Crippen molar-refractivity contribution in [1.82, 2.24) is 15.1 Å². The van der Waals surface area contributed by atoms with Crippen LogP contribution < -0.4 is 5.32 Å². The molecule has 1 N–H and O–H groups in total. The molecular formula is C15H31IN4O. The summed E-state index contributed by atoms with van der Waals surface area (Å²) in [4.78, 5) is 20.5. The molecule has 1 amide bonds. The molecule has 0 spiro atoms. The van der Waals surface area contributed by atoms with E-state index in [9.17, 15) is 4.79 Å². The summed E-state index contributed by atoms with van der Waals surface area (Å²) in [6.07, 6.45) is 3.90. The van der Waals surface area contributed by atoms with Crippen LogP contribution in [-0.2, 0) is 4.79 Å². The Morgan fingerprint density at radius 3 is 2.33 bits per heavy atom. The molecule has 5 nitrogen and oxygen atoms in total. The first-order valence-electron chi connectivity index (χ1n) is 7.89. The summed E-state index contributed by atoms with van der Waals surface area (Å²) in [5.74, 6) is 1.89. The van der Waals surface area contributed by atoms with Gasteiger partial charge in [0.2, 0.25) is 5.91 Å². The van der Waals surface area contributed by atoms with Gasteiger partial charge in [0.25, 0.3) is 0 Å². The van der Waals surface area contributed by atoms with Crippen molar-refractivity contribution in [3.63, 3.8) is 0 Å². The third-order valence-electron chi connectivity index (χ3n) is 3.68. The molecule has 0 saturated heterocycles. The van der Waals surface area contributed by atoms with Gasteiger partial charge in [0.1, 0.15) is 0 Å². The van der Waals surface area contributed by atoms with Crippen molar-refractivity contribution < 1.29 is 4.79 Å². The maximum atomic E-state index is 12.1. The number of halogens is 1. The van der Waals surface area contributed by atoms with E-state index in [2.05, 4.69) is 17.2 Å². The predicted octanol–water partition coefficient (Wildman–Crippen LogP) is 2.17. The van der Waals surface area contributed by atoms with Crippen LogP contribution in [0.5, 0.6) is 0 Å². The van der Waals surface area contributed by atoms with E-state index < -0.39 is 0 Å². The number of hydrogen-bond donors (Lipinski definition) is 1. The first-order valence-corrected chi connectivity index (χ1v) is 7.89. The van der Waals surface area contributed by atoms with E-state index in [1.54, 1.807) is 0 Å². The minimum absolute atomic E-state index is 0. The quantitative estimate of drug-likeness (QED) is 0.379. The second-order valence-electron chi connectivity index (χ2n) is 5.39. The number of guanidine groups is 1. The second-order valence-corrected chi connectivity index (χ2v) is 5.39. The summed E-state index contributed by atoms with van der Waals surface area (Å²) in [5.41, 5.74) is 0. The summed E-state index contributed by atoms with van der Waals surface area (Å²) in [6.45, 7) is 9.67. The highest BCUT2D eigenvalue weighted by Crippen LogP contribution is 2.32. The topological polar surface area (TPSA) is 47.9 Å². The number of aliphatic imine (C=N–C) groups is 1. The van der Waals surface area contributed by atoms with Crippen molar-refractivity contribution in [3.8, 4) is 0 Å². The summed E-state index contributed by atoms with van der Waals surface area (Å²) in [6, 6.07) is 0. The zero-order valence-corrected chi connectivity index (χ0v) is 16.2. The Labute approximate surface area is 146 Å². The highest BCUT2D eigenvalue weighted by Gasteiger charge is 2.20. The lowest BCUT2D eigenvalue weighted by atomic mass is 10.3. The summed E-state index contributed by atoms with van der Waals surface area (Å²) < 4.78 is 0. The van der Waals surface area contributed by atoms with Crippen LogP contribution in [0.1, 0.15) is 40.0 Å². The number of nitrogens with zero attached hydrogens (tertiary/aromatic N) is 3. The van der Waals surface area contributed by atoms with Crippen LogP contribution in [0.4, 0.5) is 0 Å². The first-order chi connectivity index (χ1) is 9.62. The molecule has 1 aliphatic rings. The molecule has 0 aromatic heterocycles. The van der Waals surface area contributed by atoms with E-state index in [1.807, 2.05) is 30.7 Å². The molecule has 124 valence electrons. The van der Waals surface area contributed by atoms with Crippen LogP contribution in [0.25, 0.3) is 0 Å². The number of carbonyl (C=O) groups excluding carboxylic acids is 1. The Morgan fingerprint density at radius 1 is 1.24 bits per heavy atom. The Balaban J connectivity index is 0.00000400. The fourth-order valence-electron chi connectivity index (χ4n) is 2.18. The molecule has 0 radical (unpaired) electrons. The molecule has 0 atom stereocenters. The molecule has 0 aromatic carbocycles. The van der Waals surface area contributed by atoms with Gasteiger partial charge in [0.05, 0.1) is 6.54 Å². The Hall–Kier alpha value is -0.530. The van der Waals surface area contributed by atoms with E-state index >= 15 is 0 Å². The maximum absolute atomic E-state index is 12.1. The van der Waals surface area contributed by atoms with Gasteiger partial charge in [0.15, 0.2) is 5.96 Å². The molecule has 1 fully saturated rings. The van der Waals surface area contributed by atoms with Crippen molar-refractivity contribution in [2.75, 3.05) is 39.8 Å². The predicted molar refractivity (Wildman–Crippen MR) is 99.3 cm³/mol. The molecular weight excluding hydrogens is 379 g/mol. The standard InChI is InChI=1S/C15H30N4O.HI/c1-5-16-15(17-11-10-13-8-9-13)18(4)12-14(20)19(6-2)7-3;/h13H,5-12H2,1-4H3,(H,16,17);1H. The highest BCUT2D eigenvalue weighted by atomic mass is 127. The van der Waals surface area contributed by atoms with Gasteiger partial charge in [-0.1, -0.05) is 12.8 Å². The van der Waals surface area contributed by atoms with Crippen LogP contribution in [-0.4, -0.2) is 61.4 Å². The largest absolute Gasteiger partial charge is 0.357 e. The number of nitrogens with one attached hydrogen (secondary N) is 1. The van der Waals surface area contributed by atoms with Crippen molar-refractivity contribution in [1.29, 1.82) is 0 Å². The van der Waals surface area contributed by atoms with E-state index in [-0.39, 0.29) is 29.9 Å². The van der Waals surface area contributed by atoms with Crippen LogP contribution >= 0.6 is 24.0 Å². The van der Waals surface area contributed by atoms with E-state index in [0.29, 0.717) is 6.54 Å². The summed E-state index contributed by atoms with van der Waals surface area (Å²) >= 11 is 0.